The summed E-state index contributed by atoms with van der Waals surface area (Å²) in [5, 5.41) is 0. The molecule has 0 aromatic carbocycles. The van der Waals surface area contributed by atoms with E-state index in [0.717, 1.165) is 16.7 Å². The van der Waals surface area contributed by atoms with Crippen molar-refractivity contribution in [3.63, 3.8) is 0 Å². The van der Waals surface area contributed by atoms with Crippen LogP contribution in [-0.4, -0.2) is 9.97 Å². The molecule has 2 heterocycles. The second-order valence-electron chi connectivity index (χ2n) is 2.54. The van der Waals surface area contributed by atoms with Crippen molar-refractivity contribution >= 4 is 11.1 Å². The van der Waals surface area contributed by atoms with Crippen molar-refractivity contribution in [1.82, 2.24) is 9.97 Å². The van der Waals surface area contributed by atoms with Gasteiger partial charge in [-0.2, -0.15) is 0 Å². The second kappa shape index (κ2) is 4.03. The molecule has 0 aliphatic carbocycles. The van der Waals surface area contributed by atoms with Crippen molar-refractivity contribution in [3.05, 3.63) is 23.8 Å². The van der Waals surface area contributed by atoms with Gasteiger partial charge < -0.3 is 4.42 Å². The molecule has 0 spiro atoms. The number of oxazole rings is 1. The monoisotopic (exact) mass is 178 g/mol. The number of rotatable bonds is 0. The highest BCUT2D eigenvalue weighted by Crippen LogP contribution is 2.16. The lowest BCUT2D eigenvalue weighted by Crippen LogP contribution is -1.77. The van der Waals surface area contributed by atoms with Crippen molar-refractivity contribution in [1.29, 1.82) is 0 Å². The van der Waals surface area contributed by atoms with Gasteiger partial charge in [0.15, 0.2) is 11.5 Å². The molecular formula is C10H14N2O. The molecule has 0 amide bonds. The van der Waals surface area contributed by atoms with Crippen molar-refractivity contribution < 1.29 is 4.42 Å². The Bertz CT molecular complexity index is 393. The Labute approximate surface area is 77.8 Å². The Morgan fingerprint density at radius 1 is 1.15 bits per heavy atom. The Kier molecular flexibility index (Phi) is 3.01. The van der Waals surface area contributed by atoms with Crippen LogP contribution in [-0.2, 0) is 0 Å². The van der Waals surface area contributed by atoms with Crippen molar-refractivity contribution in [2.75, 3.05) is 0 Å². The molecule has 3 nitrogen and oxygen atoms in total. The largest absolute Gasteiger partial charge is 0.439 e. The van der Waals surface area contributed by atoms with Crippen LogP contribution in [0.2, 0.25) is 0 Å². The summed E-state index contributed by atoms with van der Waals surface area (Å²) in [6.07, 6.45) is 3.46. The fourth-order valence-electron chi connectivity index (χ4n) is 1.09. The van der Waals surface area contributed by atoms with E-state index in [1.807, 2.05) is 27.7 Å². The van der Waals surface area contributed by atoms with E-state index in [2.05, 4.69) is 9.97 Å². The van der Waals surface area contributed by atoms with Gasteiger partial charge in [-0.15, -0.1) is 0 Å². The van der Waals surface area contributed by atoms with Crippen LogP contribution < -0.4 is 0 Å². The highest BCUT2D eigenvalue weighted by Gasteiger charge is 2.03. The van der Waals surface area contributed by atoms with Crippen LogP contribution in [0.15, 0.2) is 16.8 Å². The van der Waals surface area contributed by atoms with Gasteiger partial charge in [0.1, 0.15) is 5.52 Å². The maximum atomic E-state index is 5.28. The molecule has 2 aromatic heterocycles. The van der Waals surface area contributed by atoms with Crippen LogP contribution in [0, 0.1) is 13.8 Å². The Morgan fingerprint density at radius 2 is 1.85 bits per heavy atom. The van der Waals surface area contributed by atoms with Crippen molar-refractivity contribution in [2.45, 2.75) is 27.7 Å². The molecular weight excluding hydrogens is 164 g/mol. The van der Waals surface area contributed by atoms with Gasteiger partial charge in [0, 0.05) is 13.1 Å². The van der Waals surface area contributed by atoms with Gasteiger partial charge in [0.2, 0.25) is 0 Å². The molecule has 0 N–H and O–H groups in total. The van der Waals surface area contributed by atoms with Crippen LogP contribution >= 0.6 is 0 Å². The highest BCUT2D eigenvalue weighted by molar-refractivity contribution is 5.74. The van der Waals surface area contributed by atoms with Crippen LogP contribution in [0.5, 0.6) is 0 Å². The third kappa shape index (κ3) is 1.86. The van der Waals surface area contributed by atoms with Gasteiger partial charge in [0.05, 0.1) is 6.20 Å². The lowest BCUT2D eigenvalue weighted by molar-refractivity contribution is 0.560. The Morgan fingerprint density at radius 3 is 2.46 bits per heavy atom. The summed E-state index contributed by atoms with van der Waals surface area (Å²) in [7, 11) is 0. The minimum absolute atomic E-state index is 0.691. The summed E-state index contributed by atoms with van der Waals surface area (Å²) < 4.78 is 5.28. The molecule has 13 heavy (non-hydrogen) atoms. The number of aryl methyl sites for hydroxylation is 2. The third-order valence-corrected chi connectivity index (χ3v) is 1.59. The van der Waals surface area contributed by atoms with Gasteiger partial charge in [-0.05, 0) is 12.5 Å². The number of aromatic nitrogens is 2. The highest BCUT2D eigenvalue weighted by atomic mass is 16.3. The first kappa shape index (κ1) is 9.71. The number of hydrogen-bond donors (Lipinski definition) is 0. The van der Waals surface area contributed by atoms with Crippen LogP contribution in [0.4, 0.5) is 0 Å². The van der Waals surface area contributed by atoms with E-state index >= 15 is 0 Å². The molecule has 0 aliphatic rings. The van der Waals surface area contributed by atoms with E-state index in [1.54, 1.807) is 12.4 Å². The van der Waals surface area contributed by atoms with Crippen molar-refractivity contribution in [2.24, 2.45) is 0 Å². The molecule has 0 atom stereocenters. The standard InChI is InChI=1S/C8H8N2O.C2H6/c1-5-3-9-4-7-8(5)10-6(2)11-7;1-2/h3-4H,1-2H3;1-2H3. The van der Waals surface area contributed by atoms with Gasteiger partial charge in [0.25, 0.3) is 0 Å². The minimum Gasteiger partial charge on any atom is -0.439 e. The lowest BCUT2D eigenvalue weighted by atomic mass is 10.3. The summed E-state index contributed by atoms with van der Waals surface area (Å²) in [6, 6.07) is 0. The molecule has 0 aliphatic heterocycles. The smallest absolute Gasteiger partial charge is 0.192 e. The van der Waals surface area contributed by atoms with Gasteiger partial charge in [-0.25, -0.2) is 4.98 Å². The molecule has 2 aromatic rings. The van der Waals surface area contributed by atoms with Crippen LogP contribution in [0.3, 0.4) is 0 Å². The zero-order chi connectivity index (χ0) is 9.84. The summed E-state index contributed by atoms with van der Waals surface area (Å²) >= 11 is 0. The van der Waals surface area contributed by atoms with E-state index in [1.165, 1.54) is 0 Å². The molecule has 0 unspecified atom stereocenters. The molecule has 2 rings (SSSR count). The van der Waals surface area contributed by atoms with E-state index in [9.17, 15) is 0 Å². The van der Waals surface area contributed by atoms with Gasteiger partial charge >= 0.3 is 0 Å². The predicted molar refractivity (Wildman–Crippen MR) is 52.6 cm³/mol. The molecule has 0 fully saturated rings. The number of pyridine rings is 1. The molecule has 0 radical (unpaired) electrons. The van der Waals surface area contributed by atoms with E-state index in [0.29, 0.717) is 5.89 Å². The first-order valence-corrected chi connectivity index (χ1v) is 4.45. The number of nitrogens with zero attached hydrogens (tertiary/aromatic N) is 2. The Balaban J connectivity index is 0.000000396. The maximum absolute atomic E-state index is 5.28. The van der Waals surface area contributed by atoms with E-state index in [4.69, 9.17) is 4.42 Å². The first-order valence-electron chi connectivity index (χ1n) is 4.45. The third-order valence-electron chi connectivity index (χ3n) is 1.59. The molecule has 0 saturated carbocycles. The zero-order valence-corrected chi connectivity index (χ0v) is 8.46. The van der Waals surface area contributed by atoms with E-state index < -0.39 is 0 Å². The summed E-state index contributed by atoms with van der Waals surface area (Å²) in [5.74, 6) is 0.691. The minimum atomic E-state index is 0.691. The summed E-state index contributed by atoms with van der Waals surface area (Å²) in [6.45, 7) is 7.80. The SMILES string of the molecule is CC.Cc1nc2c(C)cncc2o1. The van der Waals surface area contributed by atoms with E-state index in [-0.39, 0.29) is 0 Å². The molecule has 0 bridgehead atoms. The maximum Gasteiger partial charge on any atom is 0.192 e. The van der Waals surface area contributed by atoms with Crippen molar-refractivity contribution in [3.8, 4) is 0 Å². The molecule has 0 saturated heterocycles. The normalized spacial score (nSPS) is 9.54. The Hall–Kier alpha value is -1.38. The number of hydrogen-bond acceptors (Lipinski definition) is 3. The quantitative estimate of drug-likeness (QED) is 0.622. The number of fused-ring (bicyclic) bond motifs is 1. The fraction of sp³-hybridized carbons (Fsp3) is 0.400. The summed E-state index contributed by atoms with van der Waals surface area (Å²) in [4.78, 5) is 8.20. The summed E-state index contributed by atoms with van der Waals surface area (Å²) in [5.41, 5.74) is 2.74. The second-order valence-corrected chi connectivity index (χ2v) is 2.54. The lowest BCUT2D eigenvalue weighted by Gasteiger charge is -1.88. The van der Waals surface area contributed by atoms with Crippen LogP contribution in [0.1, 0.15) is 25.3 Å². The average molecular weight is 178 g/mol. The fourth-order valence-corrected chi connectivity index (χ4v) is 1.09. The molecule has 70 valence electrons. The topological polar surface area (TPSA) is 38.9 Å². The van der Waals surface area contributed by atoms with Crippen LogP contribution in [0.25, 0.3) is 11.1 Å². The van der Waals surface area contributed by atoms with Gasteiger partial charge in [-0.3, -0.25) is 4.98 Å². The first-order chi connectivity index (χ1) is 6.27. The molecule has 3 heteroatoms. The zero-order valence-electron chi connectivity index (χ0n) is 8.46. The average Bonchev–Trinajstić information content (AvgIpc) is 2.51. The predicted octanol–water partition coefficient (Wildman–Crippen LogP) is 2.87. The van der Waals surface area contributed by atoms with Gasteiger partial charge in [-0.1, -0.05) is 13.8 Å².